The standard InChI is InChI=1S/C12H17NO2S/c1-10(12-7-8-12)13-16(14,15)9-11-5-3-2-4-6-11/h2-6,10,12-13H,7-9H2,1H3/t10-/m0/s1. The topological polar surface area (TPSA) is 46.2 Å². The molecule has 88 valence electrons. The number of hydrogen-bond donors (Lipinski definition) is 1. The molecule has 0 unspecified atom stereocenters. The van der Waals surface area contributed by atoms with Gasteiger partial charge in [0, 0.05) is 6.04 Å². The van der Waals surface area contributed by atoms with Crippen molar-refractivity contribution in [2.45, 2.75) is 31.6 Å². The molecule has 2 rings (SSSR count). The molecule has 0 aromatic heterocycles. The van der Waals surface area contributed by atoms with Crippen LogP contribution in [0.5, 0.6) is 0 Å². The van der Waals surface area contributed by atoms with Crippen LogP contribution in [0.15, 0.2) is 30.3 Å². The Hall–Kier alpha value is -0.870. The Morgan fingerprint density at radius 3 is 2.50 bits per heavy atom. The molecule has 0 radical (unpaired) electrons. The van der Waals surface area contributed by atoms with Gasteiger partial charge in [0.05, 0.1) is 5.75 Å². The molecule has 1 saturated carbocycles. The number of sulfonamides is 1. The smallest absolute Gasteiger partial charge is 0.212 e. The second-order valence-electron chi connectivity index (χ2n) is 4.49. The van der Waals surface area contributed by atoms with Crippen LogP contribution in [0.4, 0.5) is 0 Å². The van der Waals surface area contributed by atoms with E-state index in [-0.39, 0.29) is 11.8 Å². The summed E-state index contributed by atoms with van der Waals surface area (Å²) >= 11 is 0. The summed E-state index contributed by atoms with van der Waals surface area (Å²) in [6.07, 6.45) is 2.30. The van der Waals surface area contributed by atoms with E-state index in [0.717, 1.165) is 18.4 Å². The first kappa shape index (κ1) is 11.6. The quantitative estimate of drug-likeness (QED) is 0.853. The Labute approximate surface area is 96.9 Å². The predicted molar refractivity (Wildman–Crippen MR) is 64.4 cm³/mol. The van der Waals surface area contributed by atoms with Crippen molar-refractivity contribution in [3.8, 4) is 0 Å². The van der Waals surface area contributed by atoms with Gasteiger partial charge < -0.3 is 0 Å². The fraction of sp³-hybridized carbons (Fsp3) is 0.500. The summed E-state index contributed by atoms with van der Waals surface area (Å²) in [6, 6.07) is 9.34. The Bertz CT molecular complexity index is 437. The van der Waals surface area contributed by atoms with Crippen LogP contribution in [-0.4, -0.2) is 14.5 Å². The molecule has 1 aliphatic carbocycles. The summed E-state index contributed by atoms with van der Waals surface area (Å²) in [6.45, 7) is 1.94. The summed E-state index contributed by atoms with van der Waals surface area (Å²) in [7, 11) is -3.19. The van der Waals surface area contributed by atoms with Gasteiger partial charge in [-0.1, -0.05) is 30.3 Å². The normalized spacial score (nSPS) is 18.3. The lowest BCUT2D eigenvalue weighted by molar-refractivity contribution is 0.537. The lowest BCUT2D eigenvalue weighted by atomic mass is 10.2. The third kappa shape index (κ3) is 3.32. The summed E-state index contributed by atoms with van der Waals surface area (Å²) in [5, 5.41) is 0. The van der Waals surface area contributed by atoms with Crippen LogP contribution in [0.3, 0.4) is 0 Å². The van der Waals surface area contributed by atoms with Gasteiger partial charge in [0.25, 0.3) is 0 Å². The zero-order valence-corrected chi connectivity index (χ0v) is 10.2. The molecule has 1 aromatic carbocycles. The lowest BCUT2D eigenvalue weighted by Crippen LogP contribution is -2.34. The summed E-state index contributed by atoms with van der Waals surface area (Å²) < 4.78 is 26.4. The van der Waals surface area contributed by atoms with E-state index < -0.39 is 10.0 Å². The minimum absolute atomic E-state index is 0.0743. The second-order valence-corrected chi connectivity index (χ2v) is 6.24. The highest BCUT2D eigenvalue weighted by Gasteiger charge is 2.30. The molecule has 3 nitrogen and oxygen atoms in total. The van der Waals surface area contributed by atoms with Crippen LogP contribution in [0, 0.1) is 5.92 Å². The highest BCUT2D eigenvalue weighted by molar-refractivity contribution is 7.88. The number of hydrogen-bond acceptors (Lipinski definition) is 2. The molecule has 0 saturated heterocycles. The van der Waals surface area contributed by atoms with E-state index in [4.69, 9.17) is 0 Å². The molecular weight excluding hydrogens is 222 g/mol. The third-order valence-electron chi connectivity index (χ3n) is 2.89. The molecule has 1 aliphatic rings. The van der Waals surface area contributed by atoms with Gasteiger partial charge in [-0.2, -0.15) is 0 Å². The fourth-order valence-electron chi connectivity index (χ4n) is 1.81. The predicted octanol–water partition coefficient (Wildman–Crippen LogP) is 1.90. The van der Waals surface area contributed by atoms with Gasteiger partial charge in [-0.25, -0.2) is 13.1 Å². The Morgan fingerprint density at radius 1 is 1.31 bits per heavy atom. The molecule has 1 N–H and O–H groups in total. The van der Waals surface area contributed by atoms with E-state index in [1.54, 1.807) is 0 Å². The minimum Gasteiger partial charge on any atom is -0.212 e. The van der Waals surface area contributed by atoms with Crippen LogP contribution < -0.4 is 4.72 Å². The fourth-order valence-corrected chi connectivity index (χ4v) is 3.28. The van der Waals surface area contributed by atoms with Gasteiger partial charge in [-0.05, 0) is 31.2 Å². The van der Waals surface area contributed by atoms with Crippen LogP contribution >= 0.6 is 0 Å². The van der Waals surface area contributed by atoms with Gasteiger partial charge in [0.2, 0.25) is 10.0 Å². The molecule has 0 aliphatic heterocycles. The Morgan fingerprint density at radius 2 is 1.94 bits per heavy atom. The molecule has 1 aromatic rings. The number of benzene rings is 1. The van der Waals surface area contributed by atoms with Gasteiger partial charge in [-0.3, -0.25) is 0 Å². The summed E-state index contributed by atoms with van der Waals surface area (Å²) in [5.74, 6) is 0.621. The maximum absolute atomic E-state index is 11.8. The van der Waals surface area contributed by atoms with Crippen molar-refractivity contribution in [2.24, 2.45) is 5.92 Å². The lowest BCUT2D eigenvalue weighted by Gasteiger charge is -2.13. The van der Waals surface area contributed by atoms with Crippen molar-refractivity contribution >= 4 is 10.0 Å². The SMILES string of the molecule is C[C@H](NS(=O)(=O)Cc1ccccc1)C1CC1. The molecule has 4 heteroatoms. The average Bonchev–Trinajstić information content (AvgIpc) is 3.00. The maximum atomic E-state index is 11.8. The van der Waals surface area contributed by atoms with E-state index in [0.29, 0.717) is 5.92 Å². The van der Waals surface area contributed by atoms with Crippen LogP contribution in [0.25, 0.3) is 0 Å². The maximum Gasteiger partial charge on any atom is 0.216 e. The second kappa shape index (κ2) is 4.55. The number of rotatable bonds is 5. The highest BCUT2D eigenvalue weighted by Crippen LogP contribution is 2.32. The minimum atomic E-state index is -3.19. The Balaban J connectivity index is 1.97. The first-order valence-electron chi connectivity index (χ1n) is 5.61. The molecule has 1 fully saturated rings. The largest absolute Gasteiger partial charge is 0.216 e. The molecule has 0 spiro atoms. The van der Waals surface area contributed by atoms with E-state index in [1.807, 2.05) is 37.3 Å². The van der Waals surface area contributed by atoms with Gasteiger partial charge in [0.1, 0.15) is 0 Å². The van der Waals surface area contributed by atoms with Gasteiger partial charge in [0.15, 0.2) is 0 Å². The van der Waals surface area contributed by atoms with Gasteiger partial charge >= 0.3 is 0 Å². The molecule has 0 amide bonds. The van der Waals surface area contributed by atoms with Crippen LogP contribution in [0.1, 0.15) is 25.3 Å². The third-order valence-corrected chi connectivity index (χ3v) is 4.34. The first-order valence-corrected chi connectivity index (χ1v) is 7.26. The van der Waals surface area contributed by atoms with Crippen LogP contribution in [-0.2, 0) is 15.8 Å². The summed E-state index contributed by atoms with van der Waals surface area (Å²) in [5.41, 5.74) is 0.831. The van der Waals surface area contributed by atoms with Crippen molar-refractivity contribution in [3.05, 3.63) is 35.9 Å². The zero-order chi connectivity index (χ0) is 11.6. The van der Waals surface area contributed by atoms with Crippen molar-refractivity contribution in [2.75, 3.05) is 0 Å². The number of nitrogens with one attached hydrogen (secondary N) is 1. The van der Waals surface area contributed by atoms with E-state index in [9.17, 15) is 8.42 Å². The molecular formula is C12H17NO2S. The summed E-state index contributed by atoms with van der Waals surface area (Å²) in [4.78, 5) is 0. The molecule has 0 bridgehead atoms. The zero-order valence-electron chi connectivity index (χ0n) is 9.39. The van der Waals surface area contributed by atoms with Crippen molar-refractivity contribution < 1.29 is 8.42 Å². The highest BCUT2D eigenvalue weighted by atomic mass is 32.2. The van der Waals surface area contributed by atoms with Gasteiger partial charge in [-0.15, -0.1) is 0 Å². The average molecular weight is 239 g/mol. The molecule has 0 heterocycles. The van der Waals surface area contributed by atoms with E-state index >= 15 is 0 Å². The van der Waals surface area contributed by atoms with E-state index in [2.05, 4.69) is 4.72 Å². The monoisotopic (exact) mass is 239 g/mol. The van der Waals surface area contributed by atoms with E-state index in [1.165, 1.54) is 0 Å². The van der Waals surface area contributed by atoms with Crippen molar-refractivity contribution in [1.29, 1.82) is 0 Å². The first-order chi connectivity index (χ1) is 7.57. The van der Waals surface area contributed by atoms with Crippen molar-refractivity contribution in [3.63, 3.8) is 0 Å². The molecule has 16 heavy (non-hydrogen) atoms. The Kier molecular flexibility index (Phi) is 3.30. The molecule has 1 atom stereocenters. The van der Waals surface area contributed by atoms with Crippen LogP contribution in [0.2, 0.25) is 0 Å². The van der Waals surface area contributed by atoms with Crippen molar-refractivity contribution in [1.82, 2.24) is 4.72 Å².